The molecule has 7 heteroatoms. The Labute approximate surface area is 343 Å². The minimum atomic E-state index is -4.34. The molecule has 2 unspecified atom stereocenters. The van der Waals surface area contributed by atoms with Gasteiger partial charge in [-0.1, -0.05) is 257 Å². The zero-order valence-electron chi connectivity index (χ0n) is 36.8. The van der Waals surface area contributed by atoms with Crippen LogP contribution in [0.1, 0.15) is 271 Å². The van der Waals surface area contributed by atoms with Crippen LogP contribution < -0.4 is 5.32 Å². The van der Waals surface area contributed by atoms with Crippen LogP contribution in [0.15, 0.2) is 12.2 Å². The minimum Gasteiger partial charge on any atom is -0.387 e. The van der Waals surface area contributed by atoms with E-state index in [9.17, 15) is 22.9 Å². The van der Waals surface area contributed by atoms with Crippen LogP contribution in [0.3, 0.4) is 0 Å². The van der Waals surface area contributed by atoms with Gasteiger partial charge in [-0.2, -0.15) is 8.42 Å². The average molecular weight is 798 g/mol. The summed E-state index contributed by atoms with van der Waals surface area (Å²) in [5.74, 6) is -0.963. The number of amides is 1. The Balaban J connectivity index is 3.77. The number of aliphatic hydroxyl groups excluding tert-OH is 1. The molecule has 0 aromatic carbocycles. The number of allylic oxidation sites excluding steroid dienone is 1. The number of carbonyl (C=O) groups is 1. The van der Waals surface area contributed by atoms with Crippen LogP contribution in [-0.2, 0) is 14.9 Å². The second-order valence-electron chi connectivity index (χ2n) is 17.1. The fraction of sp³-hybridized carbons (Fsp3) is 0.938. The van der Waals surface area contributed by atoms with Crippen LogP contribution in [-0.4, -0.2) is 41.9 Å². The highest BCUT2D eigenvalue weighted by atomic mass is 32.2. The Morgan fingerprint density at radius 1 is 0.473 bits per heavy atom. The van der Waals surface area contributed by atoms with Crippen molar-refractivity contribution in [3.63, 3.8) is 0 Å². The standard InChI is InChI=1S/C48H95NO5S/c1-3-5-7-9-11-13-15-17-19-21-23-24-25-26-28-30-32-34-36-38-40-42-44-48(51)49-46(45-55(52,53)54)47(50)43-41-39-37-35-33-31-29-27-22-20-18-16-14-12-10-8-6-4-2/h41,43,46-47,50H,3-40,42,44-45H2,1-2H3,(H,49,51)(H,52,53,54)/b43-41+. The van der Waals surface area contributed by atoms with Crippen LogP contribution in [0.25, 0.3) is 0 Å². The summed E-state index contributed by atoms with van der Waals surface area (Å²) in [6.07, 6.45) is 53.6. The minimum absolute atomic E-state index is 0.271. The molecule has 0 fully saturated rings. The number of nitrogens with one attached hydrogen (secondary N) is 1. The Bertz CT molecular complexity index is 923. The lowest BCUT2D eigenvalue weighted by atomic mass is 10.0. The van der Waals surface area contributed by atoms with Gasteiger partial charge in [0.2, 0.25) is 5.91 Å². The van der Waals surface area contributed by atoms with E-state index in [-0.39, 0.29) is 5.91 Å². The third-order valence-corrected chi connectivity index (χ3v) is 12.2. The molecule has 3 N–H and O–H groups in total. The summed E-state index contributed by atoms with van der Waals surface area (Å²) in [5, 5.41) is 13.3. The molecule has 0 bridgehead atoms. The molecular weight excluding hydrogens is 703 g/mol. The van der Waals surface area contributed by atoms with E-state index in [0.717, 1.165) is 38.5 Å². The van der Waals surface area contributed by atoms with Crippen molar-refractivity contribution >= 4 is 16.0 Å². The number of hydrogen-bond donors (Lipinski definition) is 3. The molecule has 0 saturated heterocycles. The summed E-state index contributed by atoms with van der Waals surface area (Å²) < 4.78 is 32.6. The summed E-state index contributed by atoms with van der Waals surface area (Å²) in [6, 6.07) is -1.05. The van der Waals surface area contributed by atoms with E-state index < -0.39 is 28.0 Å². The van der Waals surface area contributed by atoms with Crippen molar-refractivity contribution in [1.29, 1.82) is 0 Å². The van der Waals surface area contributed by atoms with Crippen LogP contribution in [0.2, 0.25) is 0 Å². The Morgan fingerprint density at radius 3 is 1.04 bits per heavy atom. The van der Waals surface area contributed by atoms with Crippen LogP contribution in [0.4, 0.5) is 0 Å². The molecule has 0 radical (unpaired) electrons. The van der Waals surface area contributed by atoms with E-state index in [1.54, 1.807) is 6.08 Å². The van der Waals surface area contributed by atoms with E-state index in [1.165, 1.54) is 212 Å². The molecule has 0 rings (SSSR count). The van der Waals surface area contributed by atoms with E-state index in [1.807, 2.05) is 6.08 Å². The molecule has 55 heavy (non-hydrogen) atoms. The largest absolute Gasteiger partial charge is 0.387 e. The summed E-state index contributed by atoms with van der Waals surface area (Å²) in [7, 11) is -4.34. The van der Waals surface area contributed by atoms with E-state index in [0.29, 0.717) is 6.42 Å². The average Bonchev–Trinajstić information content (AvgIpc) is 3.15. The molecule has 328 valence electrons. The summed E-state index contributed by atoms with van der Waals surface area (Å²) in [6.45, 7) is 4.56. The number of aliphatic hydroxyl groups is 1. The first-order chi connectivity index (χ1) is 26.8. The third kappa shape index (κ3) is 44.0. The Morgan fingerprint density at radius 2 is 0.745 bits per heavy atom. The summed E-state index contributed by atoms with van der Waals surface area (Å²) in [4.78, 5) is 12.6. The van der Waals surface area contributed by atoms with Gasteiger partial charge in [-0.15, -0.1) is 0 Å². The molecule has 2 atom stereocenters. The van der Waals surface area contributed by atoms with Crippen LogP contribution >= 0.6 is 0 Å². The highest BCUT2D eigenvalue weighted by Gasteiger charge is 2.24. The van der Waals surface area contributed by atoms with Crippen molar-refractivity contribution in [2.75, 3.05) is 5.75 Å². The predicted molar refractivity (Wildman–Crippen MR) is 240 cm³/mol. The second kappa shape index (κ2) is 42.7. The van der Waals surface area contributed by atoms with Gasteiger partial charge in [0.1, 0.15) is 0 Å². The fourth-order valence-corrected chi connectivity index (χ4v) is 8.54. The fourth-order valence-electron chi connectivity index (χ4n) is 7.81. The van der Waals surface area contributed by atoms with Gasteiger partial charge in [-0.3, -0.25) is 9.35 Å². The van der Waals surface area contributed by atoms with E-state index in [2.05, 4.69) is 19.2 Å². The van der Waals surface area contributed by atoms with Gasteiger partial charge in [-0.05, 0) is 19.3 Å². The topological polar surface area (TPSA) is 104 Å². The first kappa shape index (κ1) is 54.1. The van der Waals surface area contributed by atoms with Gasteiger partial charge < -0.3 is 10.4 Å². The van der Waals surface area contributed by atoms with Crippen molar-refractivity contribution in [3.8, 4) is 0 Å². The van der Waals surface area contributed by atoms with Crippen molar-refractivity contribution in [2.45, 2.75) is 283 Å². The lowest BCUT2D eigenvalue weighted by Gasteiger charge is -2.21. The Kier molecular flexibility index (Phi) is 42.0. The molecular formula is C48H95NO5S. The predicted octanol–water partition coefficient (Wildman–Crippen LogP) is 14.9. The summed E-state index contributed by atoms with van der Waals surface area (Å²) >= 11 is 0. The molecule has 0 heterocycles. The molecule has 0 aliphatic rings. The number of carbonyl (C=O) groups excluding carboxylic acids is 1. The van der Waals surface area contributed by atoms with Gasteiger partial charge in [0.05, 0.1) is 17.9 Å². The zero-order valence-corrected chi connectivity index (χ0v) is 37.6. The molecule has 6 nitrogen and oxygen atoms in total. The van der Waals surface area contributed by atoms with Gasteiger partial charge in [0, 0.05) is 6.42 Å². The zero-order chi connectivity index (χ0) is 40.3. The second-order valence-corrected chi connectivity index (χ2v) is 18.6. The maximum atomic E-state index is 12.6. The van der Waals surface area contributed by atoms with Crippen molar-refractivity contribution in [2.24, 2.45) is 0 Å². The van der Waals surface area contributed by atoms with Crippen molar-refractivity contribution < 1.29 is 22.9 Å². The lowest BCUT2D eigenvalue weighted by molar-refractivity contribution is -0.122. The maximum absolute atomic E-state index is 12.6. The number of unbranched alkanes of at least 4 members (excludes halogenated alkanes) is 37. The first-order valence-corrected chi connectivity index (χ1v) is 26.0. The van der Waals surface area contributed by atoms with Crippen LogP contribution in [0, 0.1) is 0 Å². The van der Waals surface area contributed by atoms with E-state index in [4.69, 9.17) is 0 Å². The lowest BCUT2D eigenvalue weighted by Crippen LogP contribution is -2.46. The van der Waals surface area contributed by atoms with Crippen molar-refractivity contribution in [3.05, 3.63) is 12.2 Å². The Hall–Kier alpha value is -0.920. The van der Waals surface area contributed by atoms with Gasteiger partial charge in [-0.25, -0.2) is 0 Å². The molecule has 0 spiro atoms. The van der Waals surface area contributed by atoms with Crippen molar-refractivity contribution in [1.82, 2.24) is 5.32 Å². The molecule has 0 aliphatic heterocycles. The first-order valence-electron chi connectivity index (χ1n) is 24.4. The van der Waals surface area contributed by atoms with E-state index >= 15 is 0 Å². The molecule has 0 saturated carbocycles. The maximum Gasteiger partial charge on any atom is 0.267 e. The van der Waals surface area contributed by atoms with Gasteiger partial charge >= 0.3 is 0 Å². The normalized spacial score (nSPS) is 13.2. The van der Waals surface area contributed by atoms with Gasteiger partial charge in [0.15, 0.2) is 0 Å². The SMILES string of the molecule is CCCCCCCCCCCCCCCCCC/C=C/C(O)C(CS(=O)(=O)O)NC(=O)CCCCCCCCCCCCCCCCCCCCCCCC. The van der Waals surface area contributed by atoms with Crippen LogP contribution in [0.5, 0.6) is 0 Å². The highest BCUT2D eigenvalue weighted by molar-refractivity contribution is 7.85. The number of rotatable bonds is 45. The number of hydrogen-bond acceptors (Lipinski definition) is 4. The highest BCUT2D eigenvalue weighted by Crippen LogP contribution is 2.17. The molecule has 0 aromatic heterocycles. The summed E-state index contributed by atoms with van der Waals surface area (Å²) in [5.41, 5.74) is 0. The monoisotopic (exact) mass is 798 g/mol. The molecule has 0 aliphatic carbocycles. The molecule has 0 aromatic rings. The van der Waals surface area contributed by atoms with Gasteiger partial charge in [0.25, 0.3) is 10.1 Å². The molecule has 1 amide bonds. The third-order valence-electron chi connectivity index (χ3n) is 11.5. The smallest absolute Gasteiger partial charge is 0.267 e. The quantitative estimate of drug-likeness (QED) is 0.0323.